The Morgan fingerprint density at radius 2 is 2.08 bits per heavy atom. The van der Waals surface area contributed by atoms with Crippen LogP contribution in [0.25, 0.3) is 10.9 Å². The molecule has 1 amide bonds. The Kier molecular flexibility index (Phi) is 4.20. The third-order valence-corrected chi connectivity index (χ3v) is 4.99. The van der Waals surface area contributed by atoms with Crippen LogP contribution >= 0.6 is 0 Å². The maximum Gasteiger partial charge on any atom is 0.289 e. The van der Waals surface area contributed by atoms with Gasteiger partial charge in [0.2, 0.25) is 5.76 Å². The molecule has 134 valence electrons. The van der Waals surface area contributed by atoms with E-state index in [2.05, 4.69) is 21.4 Å². The van der Waals surface area contributed by atoms with Crippen molar-refractivity contribution < 1.29 is 14.3 Å². The summed E-state index contributed by atoms with van der Waals surface area (Å²) < 4.78 is 5.45. The Bertz CT molecular complexity index is 960. The van der Waals surface area contributed by atoms with Crippen LogP contribution in [0.1, 0.15) is 46.6 Å². The van der Waals surface area contributed by atoms with E-state index in [1.165, 1.54) is 0 Å². The fourth-order valence-corrected chi connectivity index (χ4v) is 3.58. The molecule has 1 aliphatic rings. The first-order valence-electron chi connectivity index (χ1n) is 8.79. The number of para-hydroxylation sites is 1. The molecule has 4 rings (SSSR count). The quantitative estimate of drug-likeness (QED) is 0.754. The zero-order chi connectivity index (χ0) is 18.3. The highest BCUT2D eigenvalue weighted by atomic mass is 16.4. The van der Waals surface area contributed by atoms with Gasteiger partial charge in [0.1, 0.15) is 0 Å². The van der Waals surface area contributed by atoms with E-state index in [4.69, 9.17) is 4.42 Å². The predicted molar refractivity (Wildman–Crippen MR) is 96.7 cm³/mol. The summed E-state index contributed by atoms with van der Waals surface area (Å²) in [6.07, 6.45) is 2.82. The minimum atomic E-state index is -0.304. The van der Waals surface area contributed by atoms with Gasteiger partial charge in [-0.1, -0.05) is 18.2 Å². The number of carbonyl (C=O) groups excluding carboxylic acids is 1. The minimum absolute atomic E-state index is 0.168. The van der Waals surface area contributed by atoms with Gasteiger partial charge in [-0.05, 0) is 43.4 Å². The minimum Gasteiger partial charge on any atom is -0.436 e. The maximum atomic E-state index is 12.7. The van der Waals surface area contributed by atoms with E-state index in [0.717, 1.165) is 16.5 Å². The lowest BCUT2D eigenvalue weighted by molar-refractivity contribution is 0.0232. The second-order valence-electron chi connectivity index (χ2n) is 6.95. The van der Waals surface area contributed by atoms with Crippen molar-refractivity contribution in [3.05, 3.63) is 59.4 Å². The molecule has 2 aromatic heterocycles. The number of hydrogen-bond donors (Lipinski definition) is 2. The Balaban J connectivity index is 1.65. The highest BCUT2D eigenvalue weighted by Gasteiger charge is 2.36. The van der Waals surface area contributed by atoms with Crippen molar-refractivity contribution in [2.75, 3.05) is 0 Å². The number of aliphatic hydroxyl groups excluding tert-OH is 1. The summed E-state index contributed by atoms with van der Waals surface area (Å²) in [4.78, 5) is 21.4. The lowest BCUT2D eigenvalue weighted by Crippen LogP contribution is -2.41. The van der Waals surface area contributed by atoms with E-state index in [1.54, 1.807) is 20.0 Å². The fraction of sp³-hybridized carbons (Fsp3) is 0.350. The van der Waals surface area contributed by atoms with Crippen LogP contribution in [0.3, 0.4) is 0 Å². The maximum absolute atomic E-state index is 12.7. The number of nitrogens with one attached hydrogen (secondary N) is 1. The van der Waals surface area contributed by atoms with Crippen LogP contribution in [0.5, 0.6) is 0 Å². The van der Waals surface area contributed by atoms with Gasteiger partial charge in [-0.15, -0.1) is 0 Å². The molecule has 6 heteroatoms. The van der Waals surface area contributed by atoms with Crippen LogP contribution in [0.2, 0.25) is 0 Å². The summed E-state index contributed by atoms with van der Waals surface area (Å²) in [5.74, 6) is 0.584. The van der Waals surface area contributed by atoms with Gasteiger partial charge >= 0.3 is 0 Å². The molecule has 1 aliphatic carbocycles. The second kappa shape index (κ2) is 6.53. The predicted octanol–water partition coefficient (Wildman–Crippen LogP) is 3.08. The number of aliphatic hydroxyl groups is 1. The number of hydrogen-bond acceptors (Lipinski definition) is 5. The van der Waals surface area contributed by atoms with Crippen molar-refractivity contribution in [3.8, 4) is 0 Å². The monoisotopic (exact) mass is 351 g/mol. The number of benzene rings is 1. The molecule has 0 spiro atoms. The van der Waals surface area contributed by atoms with Crippen LogP contribution in [-0.2, 0) is 0 Å². The van der Waals surface area contributed by atoms with E-state index < -0.39 is 0 Å². The Labute approximate surface area is 151 Å². The van der Waals surface area contributed by atoms with Gasteiger partial charge in [0.05, 0.1) is 23.4 Å². The number of fused-ring (bicyclic) bond motifs is 1. The second-order valence-corrected chi connectivity index (χ2v) is 6.95. The van der Waals surface area contributed by atoms with Gasteiger partial charge in [0.15, 0.2) is 5.89 Å². The molecule has 0 aliphatic heterocycles. The van der Waals surface area contributed by atoms with Gasteiger partial charge in [0.25, 0.3) is 5.91 Å². The van der Waals surface area contributed by atoms with E-state index in [0.29, 0.717) is 24.4 Å². The van der Waals surface area contributed by atoms with Crippen molar-refractivity contribution in [3.63, 3.8) is 0 Å². The third kappa shape index (κ3) is 3.08. The molecule has 0 saturated heterocycles. The molecular weight excluding hydrogens is 330 g/mol. The van der Waals surface area contributed by atoms with Crippen molar-refractivity contribution in [2.45, 2.75) is 38.8 Å². The van der Waals surface area contributed by atoms with Crippen LogP contribution in [0, 0.1) is 19.8 Å². The molecule has 2 heterocycles. The Morgan fingerprint density at radius 3 is 2.77 bits per heavy atom. The molecule has 2 N–H and O–H groups in total. The van der Waals surface area contributed by atoms with Crippen LogP contribution in [-0.4, -0.2) is 27.1 Å². The van der Waals surface area contributed by atoms with E-state index in [9.17, 15) is 9.90 Å². The summed E-state index contributed by atoms with van der Waals surface area (Å²) >= 11 is 0. The van der Waals surface area contributed by atoms with Crippen molar-refractivity contribution in [2.24, 2.45) is 5.92 Å². The molecule has 3 aromatic rings. The summed E-state index contributed by atoms with van der Waals surface area (Å²) in [5, 5.41) is 13.8. The van der Waals surface area contributed by atoms with E-state index >= 15 is 0 Å². The standard InChI is InChI=1S/C20H21N3O3/c1-11-19(26-12(2)22-11)20(25)23-18(14-8-16(24)9-14)15-7-13-5-3-4-6-17(13)21-10-15/h3-7,10,14,16,18,24H,8-9H2,1-2H3,(H,23,25). The molecule has 0 radical (unpaired) electrons. The number of rotatable bonds is 4. The third-order valence-electron chi connectivity index (χ3n) is 4.99. The SMILES string of the molecule is Cc1nc(C)c(C(=O)NC(c2cnc3ccccc3c2)C2CC(O)C2)o1. The normalized spacial score (nSPS) is 20.6. The van der Waals surface area contributed by atoms with Crippen LogP contribution < -0.4 is 5.32 Å². The first kappa shape index (κ1) is 16.7. The number of aromatic nitrogens is 2. The van der Waals surface area contributed by atoms with E-state index in [-0.39, 0.29) is 29.7 Å². The number of pyridine rings is 1. The molecule has 1 aromatic carbocycles. The zero-order valence-corrected chi connectivity index (χ0v) is 14.8. The lowest BCUT2D eigenvalue weighted by Gasteiger charge is -2.38. The average molecular weight is 351 g/mol. The molecule has 1 atom stereocenters. The fourth-order valence-electron chi connectivity index (χ4n) is 3.58. The highest BCUT2D eigenvalue weighted by molar-refractivity contribution is 5.92. The number of aryl methyl sites for hydroxylation is 2. The van der Waals surface area contributed by atoms with Gasteiger partial charge in [-0.3, -0.25) is 9.78 Å². The molecule has 26 heavy (non-hydrogen) atoms. The molecule has 1 saturated carbocycles. The van der Waals surface area contributed by atoms with Gasteiger partial charge in [-0.2, -0.15) is 0 Å². The summed E-state index contributed by atoms with van der Waals surface area (Å²) in [6.45, 7) is 3.47. The lowest BCUT2D eigenvalue weighted by atomic mass is 9.75. The highest BCUT2D eigenvalue weighted by Crippen LogP contribution is 2.38. The van der Waals surface area contributed by atoms with Crippen LogP contribution in [0.4, 0.5) is 0 Å². The summed E-state index contributed by atoms with van der Waals surface area (Å²) in [6, 6.07) is 9.70. The number of nitrogens with zero attached hydrogens (tertiary/aromatic N) is 2. The smallest absolute Gasteiger partial charge is 0.289 e. The van der Waals surface area contributed by atoms with Gasteiger partial charge < -0.3 is 14.8 Å². The number of oxazole rings is 1. The van der Waals surface area contributed by atoms with E-state index in [1.807, 2.05) is 24.3 Å². The van der Waals surface area contributed by atoms with Crippen molar-refractivity contribution in [1.82, 2.24) is 15.3 Å². The molecular formula is C20H21N3O3. The molecule has 1 unspecified atom stereocenters. The topological polar surface area (TPSA) is 88.2 Å². The zero-order valence-electron chi connectivity index (χ0n) is 14.8. The number of amides is 1. The average Bonchev–Trinajstić information content (AvgIpc) is 2.95. The largest absolute Gasteiger partial charge is 0.436 e. The Morgan fingerprint density at radius 1 is 1.31 bits per heavy atom. The van der Waals surface area contributed by atoms with Gasteiger partial charge in [0, 0.05) is 18.5 Å². The Hall–Kier alpha value is -2.73. The first-order valence-corrected chi connectivity index (χ1v) is 8.79. The van der Waals surface area contributed by atoms with Crippen LogP contribution in [0.15, 0.2) is 40.9 Å². The molecule has 1 fully saturated rings. The summed E-state index contributed by atoms with van der Waals surface area (Å²) in [5.41, 5.74) is 2.42. The first-order chi connectivity index (χ1) is 12.5. The van der Waals surface area contributed by atoms with Crippen molar-refractivity contribution in [1.29, 1.82) is 0 Å². The van der Waals surface area contributed by atoms with Crippen molar-refractivity contribution >= 4 is 16.8 Å². The molecule has 6 nitrogen and oxygen atoms in total. The van der Waals surface area contributed by atoms with Gasteiger partial charge in [-0.25, -0.2) is 4.98 Å². The molecule has 0 bridgehead atoms. The summed E-state index contributed by atoms with van der Waals surface area (Å²) in [7, 11) is 0. The number of carbonyl (C=O) groups is 1.